The maximum atomic E-state index is 8.33. The molecule has 0 bridgehead atoms. The van der Waals surface area contributed by atoms with E-state index in [2.05, 4.69) is 0 Å². The van der Waals surface area contributed by atoms with Gasteiger partial charge in [-0.2, -0.15) is 0 Å². The van der Waals surface area contributed by atoms with Gasteiger partial charge in [-0.1, -0.05) is 0 Å². The fourth-order valence-electron chi connectivity index (χ4n) is 0. The van der Waals surface area contributed by atoms with Gasteiger partial charge in [-0.3, -0.25) is 0 Å². The monoisotopic (exact) mass is 262 g/mol. The minimum absolute atomic E-state index is 0.125. The molecule has 0 radical (unpaired) electrons. The Morgan fingerprint density at radius 3 is 1.33 bits per heavy atom. The van der Waals surface area contributed by atoms with Crippen molar-refractivity contribution in [2.45, 2.75) is 0 Å². The van der Waals surface area contributed by atoms with Gasteiger partial charge in [0, 0.05) is 0 Å². The van der Waals surface area contributed by atoms with E-state index in [0.717, 1.165) is 0 Å². The second-order valence-corrected chi connectivity index (χ2v) is 0.447. The van der Waals surface area contributed by atoms with E-state index in [-0.39, 0.29) is 13.2 Å². The molecule has 0 aromatic carbocycles. The SMILES string of the molecule is OCCO.[O]=[W]. The Morgan fingerprint density at radius 2 is 1.33 bits per heavy atom. The molecule has 0 amide bonds. The van der Waals surface area contributed by atoms with Gasteiger partial charge in [0.15, 0.2) is 0 Å². The van der Waals surface area contributed by atoms with Crippen LogP contribution in [0.4, 0.5) is 0 Å². The molecule has 2 N–H and O–H groups in total. The van der Waals surface area contributed by atoms with Crippen LogP contribution in [0.15, 0.2) is 0 Å². The number of rotatable bonds is 1. The molecule has 4 heteroatoms. The molecule has 0 aliphatic heterocycles. The fraction of sp³-hybridized carbons (Fsp3) is 1.00. The van der Waals surface area contributed by atoms with E-state index in [9.17, 15) is 0 Å². The third-order valence-corrected chi connectivity index (χ3v) is 0.1000. The van der Waals surface area contributed by atoms with Crippen LogP contribution in [0.2, 0.25) is 0 Å². The van der Waals surface area contributed by atoms with Gasteiger partial charge in [0.25, 0.3) is 0 Å². The van der Waals surface area contributed by atoms with Crippen molar-refractivity contribution in [2.75, 3.05) is 13.2 Å². The Labute approximate surface area is 47.2 Å². The Hall–Kier alpha value is 0.408. The van der Waals surface area contributed by atoms with Crippen LogP contribution < -0.4 is 0 Å². The number of aliphatic hydroxyl groups is 2. The summed E-state index contributed by atoms with van der Waals surface area (Å²) in [6.07, 6.45) is 0. The molecule has 0 aliphatic rings. The molecule has 0 heterocycles. The summed E-state index contributed by atoms with van der Waals surface area (Å²) in [6, 6.07) is 0. The van der Waals surface area contributed by atoms with Crippen LogP contribution in [-0.2, 0) is 23.2 Å². The average Bonchev–Trinajstić information content (AvgIpc) is 1.72. The second kappa shape index (κ2) is 18.1. The molecule has 0 spiro atoms. The zero-order valence-corrected chi connectivity index (χ0v) is 6.06. The van der Waals surface area contributed by atoms with E-state index >= 15 is 0 Å². The van der Waals surface area contributed by atoms with Gasteiger partial charge in [-0.05, 0) is 0 Å². The minimum atomic E-state index is -0.125. The van der Waals surface area contributed by atoms with Gasteiger partial charge < -0.3 is 10.2 Å². The first-order valence-corrected chi connectivity index (χ1v) is 2.50. The topological polar surface area (TPSA) is 57.5 Å². The summed E-state index contributed by atoms with van der Waals surface area (Å²) in [6.45, 7) is -0.250. The predicted molar refractivity (Wildman–Crippen MR) is 14.9 cm³/mol. The number of hydrogen-bond donors (Lipinski definition) is 2. The summed E-state index contributed by atoms with van der Waals surface area (Å²) in [7, 11) is 0. The van der Waals surface area contributed by atoms with Crippen LogP contribution in [0, 0.1) is 0 Å². The molecule has 0 saturated carbocycles. The Balaban J connectivity index is 0. The first kappa shape index (κ1) is 9.65. The summed E-state index contributed by atoms with van der Waals surface area (Å²) in [5.74, 6) is 0. The molecule has 0 unspecified atom stereocenters. The summed E-state index contributed by atoms with van der Waals surface area (Å²) in [5, 5.41) is 15.2. The standard InChI is InChI=1S/C2H6O2.O.W/c3-1-2-4;;/h3-4H,1-2H2;;. The van der Waals surface area contributed by atoms with Crippen LogP contribution in [0.3, 0.4) is 0 Å². The van der Waals surface area contributed by atoms with Gasteiger partial charge in [0.05, 0.1) is 13.2 Å². The zero-order chi connectivity index (χ0) is 5.41. The van der Waals surface area contributed by atoms with Gasteiger partial charge in [0.1, 0.15) is 0 Å². The molecule has 0 aliphatic carbocycles. The van der Waals surface area contributed by atoms with Gasteiger partial charge in [0.2, 0.25) is 0 Å². The Bertz CT molecular complexity index is 16.3. The molecule has 0 aromatic rings. The number of aliphatic hydroxyl groups excluding tert-OH is 2. The van der Waals surface area contributed by atoms with E-state index in [1.165, 1.54) is 0 Å². The van der Waals surface area contributed by atoms with Gasteiger partial charge in [-0.15, -0.1) is 0 Å². The molecule has 6 heavy (non-hydrogen) atoms. The van der Waals surface area contributed by atoms with Crippen molar-refractivity contribution >= 4 is 0 Å². The third kappa shape index (κ3) is 25.8. The zero-order valence-electron chi connectivity index (χ0n) is 3.13. The second-order valence-electron chi connectivity index (χ2n) is 0.447. The molecular formula is C2H6O3W. The first-order valence-electron chi connectivity index (χ1n) is 1.30. The van der Waals surface area contributed by atoms with Crippen molar-refractivity contribution in [3.63, 3.8) is 0 Å². The molecule has 0 atom stereocenters. The Kier molecular flexibility index (Phi) is 29.1. The fourth-order valence-corrected chi connectivity index (χ4v) is 0. The normalized spacial score (nSPS) is 5.67. The van der Waals surface area contributed by atoms with Crippen LogP contribution in [-0.4, -0.2) is 23.4 Å². The van der Waals surface area contributed by atoms with Crippen LogP contribution in [0.5, 0.6) is 0 Å². The quantitative estimate of drug-likeness (QED) is 0.627. The number of hydrogen-bond acceptors (Lipinski definition) is 3. The first-order chi connectivity index (χ1) is 2.91. The van der Waals surface area contributed by atoms with Crippen molar-refractivity contribution in [2.24, 2.45) is 0 Å². The summed E-state index contributed by atoms with van der Waals surface area (Å²) in [4.78, 5) is 0. The van der Waals surface area contributed by atoms with Crippen molar-refractivity contribution in [3.8, 4) is 0 Å². The Morgan fingerprint density at radius 1 is 1.17 bits per heavy atom. The average molecular weight is 262 g/mol. The van der Waals surface area contributed by atoms with Crippen molar-refractivity contribution < 1.29 is 33.4 Å². The van der Waals surface area contributed by atoms with E-state index in [4.69, 9.17) is 13.6 Å². The molecule has 0 rings (SSSR count). The van der Waals surface area contributed by atoms with Crippen LogP contribution >= 0.6 is 0 Å². The van der Waals surface area contributed by atoms with Crippen molar-refractivity contribution in [3.05, 3.63) is 0 Å². The van der Waals surface area contributed by atoms with E-state index in [1.54, 1.807) is 0 Å². The summed E-state index contributed by atoms with van der Waals surface area (Å²) >= 11 is 0.333. The van der Waals surface area contributed by atoms with Crippen molar-refractivity contribution in [1.29, 1.82) is 0 Å². The molecular weight excluding hydrogens is 256 g/mol. The molecule has 0 aromatic heterocycles. The molecule has 0 fully saturated rings. The summed E-state index contributed by atoms with van der Waals surface area (Å²) in [5.41, 5.74) is 0. The third-order valence-electron chi connectivity index (χ3n) is 0.1000. The van der Waals surface area contributed by atoms with Crippen molar-refractivity contribution in [1.82, 2.24) is 0 Å². The molecule has 3 nitrogen and oxygen atoms in total. The maximum absolute atomic E-state index is 8.33. The van der Waals surface area contributed by atoms with E-state index in [1.807, 2.05) is 0 Å². The van der Waals surface area contributed by atoms with Crippen LogP contribution in [0.25, 0.3) is 0 Å². The molecule has 0 saturated heterocycles. The van der Waals surface area contributed by atoms with Gasteiger partial charge in [-0.25, -0.2) is 0 Å². The predicted octanol–water partition coefficient (Wildman–Crippen LogP) is -1.15. The van der Waals surface area contributed by atoms with E-state index < -0.39 is 0 Å². The van der Waals surface area contributed by atoms with Crippen LogP contribution in [0.1, 0.15) is 0 Å². The molecule has 38 valence electrons. The van der Waals surface area contributed by atoms with Gasteiger partial charge >= 0.3 is 23.2 Å². The van der Waals surface area contributed by atoms with E-state index in [0.29, 0.717) is 19.8 Å². The summed E-state index contributed by atoms with van der Waals surface area (Å²) < 4.78 is 8.33.